The fourth-order valence-corrected chi connectivity index (χ4v) is 3.47. The molecule has 0 aromatic carbocycles. The van der Waals surface area contributed by atoms with E-state index >= 15 is 0 Å². The number of aromatic nitrogens is 3. The molecule has 1 fully saturated rings. The first-order valence-electron chi connectivity index (χ1n) is 9.07. The lowest BCUT2D eigenvalue weighted by atomic mass is 9.97. The monoisotopic (exact) mass is 326 g/mol. The summed E-state index contributed by atoms with van der Waals surface area (Å²) >= 11 is 0. The van der Waals surface area contributed by atoms with Crippen molar-refractivity contribution in [3.63, 3.8) is 0 Å². The van der Waals surface area contributed by atoms with E-state index in [1.54, 1.807) is 0 Å². The second-order valence-corrected chi connectivity index (χ2v) is 7.10. The first kappa shape index (κ1) is 15.8. The van der Waals surface area contributed by atoms with Crippen molar-refractivity contribution in [2.75, 3.05) is 19.8 Å². The first-order chi connectivity index (χ1) is 11.8. The lowest BCUT2D eigenvalue weighted by molar-refractivity contribution is 0.0881. The van der Waals surface area contributed by atoms with E-state index in [4.69, 9.17) is 9.84 Å². The lowest BCUT2D eigenvalue weighted by Crippen LogP contribution is -2.35. The van der Waals surface area contributed by atoms with Crippen molar-refractivity contribution < 1.29 is 4.74 Å². The van der Waals surface area contributed by atoms with E-state index in [2.05, 4.69) is 33.8 Å². The van der Waals surface area contributed by atoms with Gasteiger partial charge in [-0.25, -0.2) is 0 Å². The molecule has 2 aliphatic rings. The van der Waals surface area contributed by atoms with Crippen LogP contribution in [-0.2, 0) is 24.4 Å². The summed E-state index contributed by atoms with van der Waals surface area (Å²) in [6, 6.07) is 4.16. The van der Waals surface area contributed by atoms with Gasteiger partial charge in [-0.15, -0.1) is 0 Å². The van der Waals surface area contributed by atoms with E-state index < -0.39 is 0 Å². The Morgan fingerprint density at radius 2 is 2.21 bits per heavy atom. The zero-order chi connectivity index (χ0) is 16.4. The summed E-state index contributed by atoms with van der Waals surface area (Å²) in [5.74, 6) is 1.18. The van der Waals surface area contributed by atoms with Gasteiger partial charge in [-0.3, -0.25) is 14.6 Å². The van der Waals surface area contributed by atoms with Gasteiger partial charge in [0.15, 0.2) is 0 Å². The van der Waals surface area contributed by atoms with Gasteiger partial charge in [0, 0.05) is 62.9 Å². The Balaban J connectivity index is 1.47. The van der Waals surface area contributed by atoms with Crippen LogP contribution in [-0.4, -0.2) is 39.4 Å². The second-order valence-electron chi connectivity index (χ2n) is 7.10. The smallest absolute Gasteiger partial charge is 0.0736 e. The predicted octanol–water partition coefficient (Wildman–Crippen LogP) is 2.82. The van der Waals surface area contributed by atoms with Crippen molar-refractivity contribution >= 4 is 0 Å². The molecule has 1 aliphatic carbocycles. The van der Waals surface area contributed by atoms with Crippen LogP contribution in [0.25, 0.3) is 0 Å². The molecule has 128 valence electrons. The van der Waals surface area contributed by atoms with Crippen LogP contribution in [0.5, 0.6) is 0 Å². The van der Waals surface area contributed by atoms with Gasteiger partial charge < -0.3 is 4.74 Å². The third kappa shape index (κ3) is 3.68. The standard InChI is InChI=1S/C19H26N4O/c1-2-23-12-17-10-22(9-16-4-3-7-20-8-16)11-18(19(17)21-23)14-24-13-15-5-6-15/h3-4,7-8,12,15,18H,2,5-6,9-11,13-14H2,1H3. The minimum atomic E-state index is 0.372. The topological polar surface area (TPSA) is 43.2 Å². The Bertz CT molecular complexity index is 665. The first-order valence-corrected chi connectivity index (χ1v) is 9.07. The van der Waals surface area contributed by atoms with E-state index in [9.17, 15) is 0 Å². The van der Waals surface area contributed by atoms with Crippen LogP contribution in [0.2, 0.25) is 0 Å². The maximum atomic E-state index is 6.01. The molecule has 0 saturated heterocycles. The average molecular weight is 326 g/mol. The SMILES string of the molecule is CCn1cc2c(n1)C(COCC1CC1)CN(Cc1cccnc1)C2. The second kappa shape index (κ2) is 7.03. The number of pyridine rings is 1. The highest BCUT2D eigenvalue weighted by Crippen LogP contribution is 2.31. The molecular formula is C19H26N4O. The van der Waals surface area contributed by atoms with E-state index in [0.29, 0.717) is 5.92 Å². The Morgan fingerprint density at radius 3 is 2.96 bits per heavy atom. The van der Waals surface area contributed by atoms with Gasteiger partial charge in [0.05, 0.1) is 12.3 Å². The van der Waals surface area contributed by atoms with Crippen LogP contribution in [0.1, 0.15) is 42.5 Å². The molecule has 2 aromatic rings. The van der Waals surface area contributed by atoms with Gasteiger partial charge in [0.25, 0.3) is 0 Å². The molecule has 3 heterocycles. The number of rotatable bonds is 7. The van der Waals surface area contributed by atoms with Gasteiger partial charge in [-0.05, 0) is 37.3 Å². The van der Waals surface area contributed by atoms with Gasteiger partial charge in [0.1, 0.15) is 0 Å². The van der Waals surface area contributed by atoms with E-state index in [-0.39, 0.29) is 0 Å². The molecule has 4 rings (SSSR count). The Morgan fingerprint density at radius 1 is 1.29 bits per heavy atom. The molecule has 5 nitrogen and oxygen atoms in total. The van der Waals surface area contributed by atoms with E-state index in [1.165, 1.54) is 29.7 Å². The third-order valence-corrected chi connectivity index (χ3v) is 4.95. The fourth-order valence-electron chi connectivity index (χ4n) is 3.47. The highest BCUT2D eigenvalue weighted by molar-refractivity contribution is 5.25. The molecule has 1 unspecified atom stereocenters. The Labute approximate surface area is 143 Å². The summed E-state index contributed by atoms with van der Waals surface area (Å²) in [7, 11) is 0. The van der Waals surface area contributed by atoms with Crippen molar-refractivity contribution in [2.45, 2.75) is 45.3 Å². The molecular weight excluding hydrogens is 300 g/mol. The summed E-state index contributed by atoms with van der Waals surface area (Å²) in [6.07, 6.45) is 8.68. The molecule has 24 heavy (non-hydrogen) atoms. The van der Waals surface area contributed by atoms with Crippen LogP contribution in [0.15, 0.2) is 30.7 Å². The lowest BCUT2D eigenvalue weighted by Gasteiger charge is -2.31. The summed E-state index contributed by atoms with van der Waals surface area (Å²) in [6.45, 7) is 7.67. The van der Waals surface area contributed by atoms with Gasteiger partial charge >= 0.3 is 0 Å². The highest BCUT2D eigenvalue weighted by atomic mass is 16.5. The molecule has 0 spiro atoms. The van der Waals surface area contributed by atoms with Crippen LogP contribution >= 0.6 is 0 Å². The van der Waals surface area contributed by atoms with Gasteiger partial charge in [-0.1, -0.05) is 6.07 Å². The normalized spacial score (nSPS) is 21.0. The molecule has 0 bridgehead atoms. The van der Waals surface area contributed by atoms with Crippen molar-refractivity contribution in [1.29, 1.82) is 0 Å². The summed E-state index contributed by atoms with van der Waals surface area (Å²) in [5.41, 5.74) is 3.86. The number of ether oxygens (including phenoxy) is 1. The minimum Gasteiger partial charge on any atom is -0.380 e. The predicted molar refractivity (Wildman–Crippen MR) is 92.5 cm³/mol. The minimum absolute atomic E-state index is 0.372. The Kier molecular flexibility index (Phi) is 4.63. The molecule has 1 saturated carbocycles. The maximum absolute atomic E-state index is 6.01. The molecule has 2 aromatic heterocycles. The average Bonchev–Trinajstić information content (AvgIpc) is 3.32. The molecule has 1 atom stereocenters. The zero-order valence-electron chi connectivity index (χ0n) is 14.4. The van der Waals surface area contributed by atoms with Crippen molar-refractivity contribution in [3.05, 3.63) is 47.5 Å². The number of nitrogens with zero attached hydrogens (tertiary/aromatic N) is 4. The van der Waals surface area contributed by atoms with Crippen molar-refractivity contribution in [1.82, 2.24) is 19.7 Å². The largest absolute Gasteiger partial charge is 0.380 e. The number of fused-ring (bicyclic) bond motifs is 1. The quantitative estimate of drug-likeness (QED) is 0.785. The highest BCUT2D eigenvalue weighted by Gasteiger charge is 2.29. The van der Waals surface area contributed by atoms with Crippen LogP contribution in [0, 0.1) is 5.92 Å². The van der Waals surface area contributed by atoms with E-state index in [0.717, 1.165) is 45.3 Å². The molecule has 0 N–H and O–H groups in total. The summed E-state index contributed by atoms with van der Waals surface area (Å²) in [4.78, 5) is 6.73. The van der Waals surface area contributed by atoms with Crippen LogP contribution in [0.4, 0.5) is 0 Å². The van der Waals surface area contributed by atoms with E-state index in [1.807, 2.05) is 18.5 Å². The fraction of sp³-hybridized carbons (Fsp3) is 0.579. The van der Waals surface area contributed by atoms with Crippen molar-refractivity contribution in [3.8, 4) is 0 Å². The van der Waals surface area contributed by atoms with Crippen LogP contribution < -0.4 is 0 Å². The number of hydrogen-bond acceptors (Lipinski definition) is 4. The molecule has 5 heteroatoms. The maximum Gasteiger partial charge on any atom is 0.0736 e. The van der Waals surface area contributed by atoms with Crippen molar-refractivity contribution in [2.24, 2.45) is 5.92 Å². The summed E-state index contributed by atoms with van der Waals surface area (Å²) < 4.78 is 8.07. The number of aryl methyl sites for hydroxylation is 1. The molecule has 0 amide bonds. The molecule has 1 aliphatic heterocycles. The Hall–Kier alpha value is -1.72. The van der Waals surface area contributed by atoms with Crippen LogP contribution in [0.3, 0.4) is 0 Å². The third-order valence-electron chi connectivity index (χ3n) is 4.95. The van der Waals surface area contributed by atoms with Gasteiger partial charge in [-0.2, -0.15) is 5.10 Å². The zero-order valence-corrected chi connectivity index (χ0v) is 14.4. The number of hydrogen-bond donors (Lipinski definition) is 0. The molecule has 0 radical (unpaired) electrons. The van der Waals surface area contributed by atoms with Gasteiger partial charge in [0.2, 0.25) is 0 Å². The summed E-state index contributed by atoms with van der Waals surface area (Å²) in [5, 5.41) is 4.80.